The van der Waals surface area contributed by atoms with Crippen molar-refractivity contribution in [3.05, 3.63) is 83.3 Å². The molecule has 2 nitrogen and oxygen atoms in total. The number of hydrogen-bond donors (Lipinski definition) is 0. The third-order valence-corrected chi connectivity index (χ3v) is 5.49. The molecule has 0 aliphatic heterocycles. The highest BCUT2D eigenvalue weighted by Gasteiger charge is 2.21. The molecular weight excluding hydrogens is 328 g/mol. The van der Waals surface area contributed by atoms with Crippen molar-refractivity contribution in [3.8, 4) is 22.4 Å². The second kappa shape index (κ2) is 6.62. The van der Waals surface area contributed by atoms with Gasteiger partial charge in [0.2, 0.25) is 5.69 Å². The van der Waals surface area contributed by atoms with Crippen LogP contribution in [0.1, 0.15) is 23.8 Å². The van der Waals surface area contributed by atoms with Crippen LogP contribution in [0.15, 0.2) is 60.9 Å². The van der Waals surface area contributed by atoms with E-state index in [-0.39, 0.29) is 0 Å². The fourth-order valence-corrected chi connectivity index (χ4v) is 3.81. The lowest BCUT2D eigenvalue weighted by atomic mass is 9.93. The van der Waals surface area contributed by atoms with Crippen LogP contribution >= 0.6 is 0 Å². The van der Waals surface area contributed by atoms with E-state index in [2.05, 4.69) is 73.8 Å². The van der Waals surface area contributed by atoms with Crippen LogP contribution in [0.3, 0.4) is 0 Å². The molecule has 0 aliphatic carbocycles. The van der Waals surface area contributed by atoms with E-state index in [0.29, 0.717) is 6.04 Å². The van der Waals surface area contributed by atoms with E-state index in [9.17, 15) is 0 Å². The highest BCUT2D eigenvalue weighted by Crippen LogP contribution is 2.33. The maximum atomic E-state index is 8.75. The SMILES string of the molecule is [2H]c1c(C)[n+](C)c(-c2cc(C)cc(C)c2C)c2ccc(-c3cccnc3)cc12. The molecule has 0 amide bonds. The van der Waals surface area contributed by atoms with Gasteiger partial charge in [0.25, 0.3) is 0 Å². The van der Waals surface area contributed by atoms with Crippen LogP contribution in [0.25, 0.3) is 33.2 Å². The Morgan fingerprint density at radius 3 is 2.52 bits per heavy atom. The third-order valence-electron chi connectivity index (χ3n) is 5.49. The Labute approximate surface area is 162 Å². The number of aromatic nitrogens is 2. The molecule has 0 saturated carbocycles. The second-order valence-corrected chi connectivity index (χ2v) is 7.37. The van der Waals surface area contributed by atoms with Crippen LogP contribution in [0.5, 0.6) is 0 Å². The predicted molar refractivity (Wildman–Crippen MR) is 113 cm³/mol. The number of aryl methyl sites for hydroxylation is 2. The van der Waals surface area contributed by atoms with Crippen molar-refractivity contribution in [3.63, 3.8) is 0 Å². The van der Waals surface area contributed by atoms with Crippen LogP contribution in [-0.4, -0.2) is 4.98 Å². The molecule has 0 radical (unpaired) electrons. The van der Waals surface area contributed by atoms with Gasteiger partial charge in [0.05, 0.1) is 12.3 Å². The average molecular weight is 354 g/mol. The van der Waals surface area contributed by atoms with Crippen molar-refractivity contribution >= 4 is 10.8 Å². The van der Waals surface area contributed by atoms with Crippen LogP contribution < -0.4 is 4.57 Å². The standard InChI is InChI=1S/C25H25N2/c1-16-11-17(2)19(4)24(12-16)25-23-9-8-20(21-7-6-10-26-15-21)14-22(23)13-18(3)27(25)5/h6-15H,1-5H3/q+1/i13D. The van der Waals surface area contributed by atoms with Gasteiger partial charge in [-0.3, -0.25) is 4.98 Å². The minimum absolute atomic E-state index is 0.578. The molecular formula is C25H25N2+. The zero-order valence-corrected chi connectivity index (χ0v) is 16.6. The summed E-state index contributed by atoms with van der Waals surface area (Å²) in [5.74, 6) is 0. The van der Waals surface area contributed by atoms with E-state index >= 15 is 0 Å². The molecule has 2 heteroatoms. The highest BCUT2D eigenvalue weighted by molar-refractivity contribution is 5.96. The number of fused-ring (bicyclic) bond motifs is 1. The van der Waals surface area contributed by atoms with Crippen molar-refractivity contribution < 1.29 is 5.94 Å². The molecule has 0 fully saturated rings. The summed E-state index contributed by atoms with van der Waals surface area (Å²) in [6, 6.07) is 15.5. The van der Waals surface area contributed by atoms with Gasteiger partial charge in [-0.2, -0.15) is 4.57 Å². The molecule has 2 aromatic carbocycles. The van der Waals surface area contributed by atoms with Gasteiger partial charge in [-0.05, 0) is 67.1 Å². The first-order valence-electron chi connectivity index (χ1n) is 9.80. The number of rotatable bonds is 2. The molecule has 4 rings (SSSR count). The highest BCUT2D eigenvalue weighted by atomic mass is 14.9. The molecule has 0 saturated heterocycles. The van der Waals surface area contributed by atoms with Gasteiger partial charge in [0, 0.05) is 30.9 Å². The van der Waals surface area contributed by atoms with Crippen LogP contribution in [0, 0.1) is 27.7 Å². The maximum absolute atomic E-state index is 8.75. The maximum Gasteiger partial charge on any atom is 0.220 e. The first kappa shape index (κ1) is 16.2. The van der Waals surface area contributed by atoms with Gasteiger partial charge < -0.3 is 0 Å². The molecule has 0 unspecified atom stereocenters. The summed E-state index contributed by atoms with van der Waals surface area (Å²) >= 11 is 0. The molecule has 0 N–H and O–H groups in total. The minimum Gasteiger partial charge on any atom is -0.264 e. The van der Waals surface area contributed by atoms with Gasteiger partial charge in [-0.25, -0.2) is 0 Å². The Morgan fingerprint density at radius 2 is 1.78 bits per heavy atom. The topological polar surface area (TPSA) is 16.8 Å². The molecule has 2 heterocycles. The lowest BCUT2D eigenvalue weighted by Gasteiger charge is -2.13. The van der Waals surface area contributed by atoms with Crippen molar-refractivity contribution in [1.29, 1.82) is 0 Å². The van der Waals surface area contributed by atoms with Gasteiger partial charge in [-0.15, -0.1) is 0 Å². The first-order chi connectivity index (χ1) is 13.4. The Bertz CT molecular complexity index is 1210. The van der Waals surface area contributed by atoms with Crippen molar-refractivity contribution in [2.45, 2.75) is 27.7 Å². The largest absolute Gasteiger partial charge is 0.264 e. The summed E-state index contributed by atoms with van der Waals surface area (Å²) < 4.78 is 10.9. The summed E-state index contributed by atoms with van der Waals surface area (Å²) in [4.78, 5) is 4.24. The van der Waals surface area contributed by atoms with Crippen LogP contribution in [0.4, 0.5) is 0 Å². The van der Waals surface area contributed by atoms with Gasteiger partial charge >= 0.3 is 0 Å². The first-order valence-corrected chi connectivity index (χ1v) is 9.30. The summed E-state index contributed by atoms with van der Waals surface area (Å²) in [5, 5.41) is 2.09. The molecule has 4 aromatic rings. The quantitative estimate of drug-likeness (QED) is 0.427. The number of pyridine rings is 2. The number of nitrogens with zero attached hydrogens (tertiary/aromatic N) is 2. The zero-order valence-electron chi connectivity index (χ0n) is 17.6. The molecule has 0 aliphatic rings. The fourth-order valence-electron chi connectivity index (χ4n) is 3.81. The molecule has 0 atom stereocenters. The number of benzene rings is 2. The van der Waals surface area contributed by atoms with E-state index < -0.39 is 0 Å². The normalized spacial score (nSPS) is 11.7. The Morgan fingerprint density at radius 1 is 0.963 bits per heavy atom. The van der Waals surface area contributed by atoms with Gasteiger partial charge in [0.1, 0.15) is 7.05 Å². The summed E-state index contributed by atoms with van der Waals surface area (Å²) in [6.45, 7) is 8.52. The summed E-state index contributed by atoms with van der Waals surface area (Å²) in [7, 11) is 2.06. The van der Waals surface area contributed by atoms with Crippen molar-refractivity contribution in [2.75, 3.05) is 0 Å². The average Bonchev–Trinajstić information content (AvgIpc) is 2.70. The van der Waals surface area contributed by atoms with Crippen molar-refractivity contribution in [2.24, 2.45) is 7.05 Å². The fraction of sp³-hybridized carbons (Fsp3) is 0.200. The lowest BCUT2D eigenvalue weighted by Crippen LogP contribution is -2.35. The molecule has 2 aromatic heterocycles. The predicted octanol–water partition coefficient (Wildman–Crippen LogP) is 5.63. The van der Waals surface area contributed by atoms with E-state index in [0.717, 1.165) is 27.6 Å². The van der Waals surface area contributed by atoms with Crippen LogP contribution in [0.2, 0.25) is 0 Å². The zero-order chi connectivity index (χ0) is 20.0. The van der Waals surface area contributed by atoms with Gasteiger partial charge in [-0.1, -0.05) is 23.8 Å². The van der Waals surface area contributed by atoms with E-state index in [1.165, 1.54) is 27.9 Å². The number of hydrogen-bond acceptors (Lipinski definition) is 1. The summed E-state index contributed by atoms with van der Waals surface area (Å²) in [6.07, 6.45) is 3.65. The smallest absolute Gasteiger partial charge is 0.220 e. The summed E-state index contributed by atoms with van der Waals surface area (Å²) in [5.41, 5.74) is 9.37. The molecule has 134 valence electrons. The Balaban J connectivity index is 2.08. The minimum atomic E-state index is 0.578. The monoisotopic (exact) mass is 354 g/mol. The molecule has 0 bridgehead atoms. The van der Waals surface area contributed by atoms with Crippen molar-refractivity contribution in [1.82, 2.24) is 4.98 Å². The third kappa shape index (κ3) is 3.02. The Kier molecular flexibility index (Phi) is 3.97. The molecule has 0 spiro atoms. The van der Waals surface area contributed by atoms with E-state index in [1.54, 1.807) is 6.20 Å². The van der Waals surface area contributed by atoms with E-state index in [1.807, 2.05) is 19.2 Å². The Hall–Kier alpha value is -3.00. The van der Waals surface area contributed by atoms with Gasteiger partial charge in [0.15, 0.2) is 5.69 Å². The van der Waals surface area contributed by atoms with Crippen LogP contribution in [-0.2, 0) is 7.05 Å². The second-order valence-electron chi connectivity index (χ2n) is 7.37. The van der Waals surface area contributed by atoms with E-state index in [4.69, 9.17) is 1.37 Å². The lowest BCUT2D eigenvalue weighted by molar-refractivity contribution is -0.665. The molecule has 27 heavy (non-hydrogen) atoms.